The van der Waals surface area contributed by atoms with Crippen LogP contribution in [0.5, 0.6) is 0 Å². The molecule has 2 fully saturated rings. The molecular weight excluding hydrogens is 232 g/mol. The number of hydrogen-bond acceptors (Lipinski definition) is 3. The van der Waals surface area contributed by atoms with Crippen LogP contribution in [0.4, 0.5) is 4.79 Å². The summed E-state index contributed by atoms with van der Waals surface area (Å²) in [5, 5.41) is 18.7. The predicted octanol–water partition coefficient (Wildman–Crippen LogP) is 1.22. The van der Waals surface area contributed by atoms with E-state index in [1.54, 1.807) is 4.90 Å². The normalized spacial score (nSPS) is 34.2. The van der Waals surface area contributed by atoms with E-state index in [1.807, 2.05) is 0 Å². The van der Waals surface area contributed by atoms with Crippen LogP contribution in [0.1, 0.15) is 33.6 Å². The van der Waals surface area contributed by atoms with Crippen molar-refractivity contribution in [2.75, 3.05) is 19.6 Å². The van der Waals surface area contributed by atoms with E-state index in [4.69, 9.17) is 0 Å². The number of hydrogen-bond donors (Lipinski definition) is 2. The van der Waals surface area contributed by atoms with Crippen LogP contribution < -0.4 is 0 Å². The summed E-state index contributed by atoms with van der Waals surface area (Å²) in [7, 11) is 0. The lowest BCUT2D eigenvalue weighted by molar-refractivity contribution is -0.0466. The van der Waals surface area contributed by atoms with Crippen molar-refractivity contribution in [2.45, 2.75) is 51.8 Å². The summed E-state index contributed by atoms with van der Waals surface area (Å²) in [5.41, 5.74) is -0.0561. The van der Waals surface area contributed by atoms with Gasteiger partial charge in [0, 0.05) is 25.7 Å². The number of amides is 1. The number of rotatable bonds is 1. The Morgan fingerprint density at radius 1 is 1.22 bits per heavy atom. The van der Waals surface area contributed by atoms with E-state index >= 15 is 0 Å². The highest BCUT2D eigenvalue weighted by molar-refractivity contribution is 5.65. The molecule has 1 saturated heterocycles. The first kappa shape index (κ1) is 13.6. The van der Waals surface area contributed by atoms with Gasteiger partial charge in [-0.15, -0.1) is 0 Å². The summed E-state index contributed by atoms with van der Waals surface area (Å²) in [4.78, 5) is 15.2. The number of piperazine rings is 1. The maximum Gasteiger partial charge on any atom is 0.407 e. The quantitative estimate of drug-likeness (QED) is 0.740. The van der Waals surface area contributed by atoms with E-state index < -0.39 is 6.09 Å². The van der Waals surface area contributed by atoms with Crippen LogP contribution >= 0.6 is 0 Å². The minimum Gasteiger partial charge on any atom is -0.465 e. The molecule has 18 heavy (non-hydrogen) atoms. The van der Waals surface area contributed by atoms with Crippen molar-refractivity contribution in [1.82, 2.24) is 9.80 Å². The molecule has 5 nitrogen and oxygen atoms in total. The lowest BCUT2D eigenvalue weighted by Crippen LogP contribution is -2.63. The van der Waals surface area contributed by atoms with Crippen LogP contribution in [0.15, 0.2) is 0 Å². The first-order valence-corrected chi connectivity index (χ1v) is 6.70. The monoisotopic (exact) mass is 256 g/mol. The van der Waals surface area contributed by atoms with Crippen molar-refractivity contribution < 1.29 is 15.0 Å². The van der Waals surface area contributed by atoms with Crippen molar-refractivity contribution in [3.8, 4) is 0 Å². The molecule has 2 N–H and O–H groups in total. The maximum absolute atomic E-state index is 11.3. The van der Waals surface area contributed by atoms with Gasteiger partial charge in [0.2, 0.25) is 0 Å². The standard InChI is InChI=1S/C13H24N2O3/c1-13(2,3)11-8-14(9-6-10(16)7-9)4-5-15(11)12(17)18/h9-11,16H,4-8H2,1-3H3,(H,17,18). The Kier molecular flexibility index (Phi) is 3.56. The Bertz CT molecular complexity index is 321. The largest absolute Gasteiger partial charge is 0.465 e. The second-order valence-corrected chi connectivity index (χ2v) is 6.63. The van der Waals surface area contributed by atoms with Crippen molar-refractivity contribution in [3.05, 3.63) is 0 Å². The van der Waals surface area contributed by atoms with Crippen LogP contribution in [0, 0.1) is 5.41 Å². The topological polar surface area (TPSA) is 64.0 Å². The molecule has 2 aliphatic rings. The van der Waals surface area contributed by atoms with Crippen molar-refractivity contribution >= 4 is 6.09 Å². The summed E-state index contributed by atoms with van der Waals surface area (Å²) >= 11 is 0. The van der Waals surface area contributed by atoms with Crippen molar-refractivity contribution in [1.29, 1.82) is 0 Å². The van der Waals surface area contributed by atoms with E-state index in [9.17, 15) is 15.0 Å². The van der Waals surface area contributed by atoms with Crippen LogP contribution in [-0.2, 0) is 0 Å². The number of nitrogens with zero attached hydrogens (tertiary/aromatic N) is 2. The van der Waals surface area contributed by atoms with Gasteiger partial charge in [-0.3, -0.25) is 4.90 Å². The molecule has 1 amide bonds. The average molecular weight is 256 g/mol. The highest BCUT2D eigenvalue weighted by atomic mass is 16.4. The summed E-state index contributed by atoms with van der Waals surface area (Å²) in [6.45, 7) is 8.42. The van der Waals surface area contributed by atoms with E-state index in [-0.39, 0.29) is 17.6 Å². The van der Waals surface area contributed by atoms with E-state index in [0.29, 0.717) is 12.6 Å². The first-order chi connectivity index (χ1) is 8.29. The fourth-order valence-electron chi connectivity index (χ4n) is 2.96. The zero-order valence-corrected chi connectivity index (χ0v) is 11.5. The zero-order valence-electron chi connectivity index (χ0n) is 11.5. The van der Waals surface area contributed by atoms with Gasteiger partial charge in [-0.2, -0.15) is 0 Å². The minimum absolute atomic E-state index is 0.0292. The molecule has 0 bridgehead atoms. The molecule has 0 aromatic heterocycles. The third kappa shape index (κ3) is 2.62. The van der Waals surface area contributed by atoms with Crippen LogP contribution in [0.2, 0.25) is 0 Å². The maximum atomic E-state index is 11.3. The molecule has 0 spiro atoms. The Balaban J connectivity index is 2.04. The Labute approximate surface area is 108 Å². The fourth-order valence-corrected chi connectivity index (χ4v) is 2.96. The Hall–Kier alpha value is -0.810. The second kappa shape index (κ2) is 4.70. The minimum atomic E-state index is -0.816. The van der Waals surface area contributed by atoms with Gasteiger partial charge < -0.3 is 15.1 Å². The molecule has 1 saturated carbocycles. The van der Waals surface area contributed by atoms with Gasteiger partial charge in [0.25, 0.3) is 0 Å². The predicted molar refractivity (Wildman–Crippen MR) is 68.6 cm³/mol. The number of carboxylic acid groups (broad SMARTS) is 1. The first-order valence-electron chi connectivity index (χ1n) is 6.70. The van der Waals surface area contributed by atoms with E-state index in [0.717, 1.165) is 25.9 Å². The highest BCUT2D eigenvalue weighted by Crippen LogP contribution is 2.32. The lowest BCUT2D eigenvalue weighted by Gasteiger charge is -2.50. The van der Waals surface area contributed by atoms with Gasteiger partial charge in [-0.05, 0) is 18.3 Å². The highest BCUT2D eigenvalue weighted by Gasteiger charge is 2.42. The zero-order chi connectivity index (χ0) is 13.5. The molecule has 1 atom stereocenters. The van der Waals surface area contributed by atoms with Gasteiger partial charge in [0.05, 0.1) is 12.1 Å². The Morgan fingerprint density at radius 3 is 2.28 bits per heavy atom. The molecule has 0 radical (unpaired) electrons. The molecule has 5 heteroatoms. The van der Waals surface area contributed by atoms with Gasteiger partial charge in [0.15, 0.2) is 0 Å². The van der Waals surface area contributed by atoms with Crippen LogP contribution in [-0.4, -0.2) is 63.9 Å². The number of carbonyl (C=O) groups is 1. The van der Waals surface area contributed by atoms with Crippen LogP contribution in [0.25, 0.3) is 0 Å². The average Bonchev–Trinajstić information content (AvgIpc) is 2.22. The third-order valence-electron chi connectivity index (χ3n) is 4.26. The molecule has 104 valence electrons. The van der Waals surface area contributed by atoms with Crippen molar-refractivity contribution in [3.63, 3.8) is 0 Å². The molecule has 1 unspecified atom stereocenters. The van der Waals surface area contributed by atoms with Gasteiger partial charge in [0.1, 0.15) is 0 Å². The molecule has 1 heterocycles. The smallest absolute Gasteiger partial charge is 0.407 e. The number of aliphatic hydroxyl groups is 1. The van der Waals surface area contributed by atoms with E-state index in [1.165, 1.54) is 0 Å². The molecular formula is C13H24N2O3. The lowest BCUT2D eigenvalue weighted by atomic mass is 9.82. The summed E-state index contributed by atoms with van der Waals surface area (Å²) < 4.78 is 0. The molecule has 1 aliphatic heterocycles. The molecule has 0 aromatic carbocycles. The van der Waals surface area contributed by atoms with Gasteiger partial charge in [-0.1, -0.05) is 20.8 Å². The molecule has 0 aromatic rings. The fraction of sp³-hybridized carbons (Fsp3) is 0.923. The van der Waals surface area contributed by atoms with Crippen LogP contribution in [0.3, 0.4) is 0 Å². The summed E-state index contributed by atoms with van der Waals surface area (Å²) in [5.74, 6) is 0. The Morgan fingerprint density at radius 2 is 1.83 bits per heavy atom. The van der Waals surface area contributed by atoms with Gasteiger partial charge >= 0.3 is 6.09 Å². The van der Waals surface area contributed by atoms with Crippen molar-refractivity contribution in [2.24, 2.45) is 5.41 Å². The second-order valence-electron chi connectivity index (χ2n) is 6.63. The molecule has 2 rings (SSSR count). The molecule has 1 aliphatic carbocycles. The van der Waals surface area contributed by atoms with E-state index in [2.05, 4.69) is 25.7 Å². The number of aliphatic hydroxyl groups excluding tert-OH is 1. The van der Waals surface area contributed by atoms with Gasteiger partial charge in [-0.25, -0.2) is 4.79 Å². The SMILES string of the molecule is CC(C)(C)C1CN(C2CC(O)C2)CCN1C(=O)O. The third-order valence-corrected chi connectivity index (χ3v) is 4.26. The summed E-state index contributed by atoms with van der Waals surface area (Å²) in [6.07, 6.45) is 0.706. The summed E-state index contributed by atoms with van der Waals surface area (Å²) in [6, 6.07) is 0.474.